The van der Waals surface area contributed by atoms with E-state index in [0.717, 1.165) is 30.5 Å². The molecule has 1 aliphatic heterocycles. The predicted octanol–water partition coefficient (Wildman–Crippen LogP) is 2.17. The zero-order chi connectivity index (χ0) is 13.8. The maximum Gasteiger partial charge on any atom is 0.0226 e. The Kier molecular flexibility index (Phi) is 5.67. The van der Waals surface area contributed by atoms with Crippen molar-refractivity contribution >= 4 is 0 Å². The molecule has 1 saturated carbocycles. The van der Waals surface area contributed by atoms with Crippen LogP contribution in [0.3, 0.4) is 0 Å². The molecule has 2 aliphatic rings. The third-order valence-electron chi connectivity index (χ3n) is 5.37. The van der Waals surface area contributed by atoms with Gasteiger partial charge in [-0.05, 0) is 64.7 Å². The maximum atomic E-state index is 6.06. The highest BCUT2D eigenvalue weighted by Crippen LogP contribution is 2.36. The van der Waals surface area contributed by atoms with Crippen LogP contribution in [-0.4, -0.2) is 55.6 Å². The largest absolute Gasteiger partial charge is 0.330 e. The molecule has 3 nitrogen and oxygen atoms in total. The number of likely N-dealkylation sites (tertiary alicyclic amines) is 1. The molecular weight excluding hydrogens is 234 g/mol. The Morgan fingerprint density at radius 1 is 1.21 bits per heavy atom. The molecule has 0 spiro atoms. The third kappa shape index (κ3) is 3.71. The van der Waals surface area contributed by atoms with Gasteiger partial charge < -0.3 is 10.6 Å². The molecule has 4 unspecified atom stereocenters. The second kappa shape index (κ2) is 7.05. The van der Waals surface area contributed by atoms with Crippen LogP contribution in [0.4, 0.5) is 0 Å². The number of nitrogens with zero attached hydrogens (tertiary/aromatic N) is 2. The lowest BCUT2D eigenvalue weighted by atomic mass is 9.76. The Hall–Kier alpha value is -0.120. The van der Waals surface area contributed by atoms with E-state index in [1.54, 1.807) is 0 Å². The number of rotatable bonds is 5. The maximum absolute atomic E-state index is 6.06. The number of nitrogens with two attached hydrogens (primary N) is 1. The summed E-state index contributed by atoms with van der Waals surface area (Å²) in [5, 5.41) is 0. The Morgan fingerprint density at radius 3 is 2.63 bits per heavy atom. The van der Waals surface area contributed by atoms with Gasteiger partial charge in [-0.3, -0.25) is 4.90 Å². The molecule has 0 aromatic heterocycles. The van der Waals surface area contributed by atoms with E-state index in [9.17, 15) is 0 Å². The molecule has 1 aliphatic carbocycles. The number of hydrogen-bond donors (Lipinski definition) is 1. The summed E-state index contributed by atoms with van der Waals surface area (Å²) in [6.07, 6.45) is 8.25. The van der Waals surface area contributed by atoms with Gasteiger partial charge >= 0.3 is 0 Å². The van der Waals surface area contributed by atoms with Gasteiger partial charge in [-0.25, -0.2) is 0 Å². The molecule has 0 bridgehead atoms. The van der Waals surface area contributed by atoms with Gasteiger partial charge in [-0.15, -0.1) is 0 Å². The van der Waals surface area contributed by atoms with E-state index in [0.29, 0.717) is 0 Å². The van der Waals surface area contributed by atoms with Crippen LogP contribution in [0.15, 0.2) is 0 Å². The van der Waals surface area contributed by atoms with Crippen molar-refractivity contribution in [2.75, 3.05) is 33.7 Å². The van der Waals surface area contributed by atoms with Gasteiger partial charge in [-0.2, -0.15) is 0 Å². The topological polar surface area (TPSA) is 32.5 Å². The summed E-state index contributed by atoms with van der Waals surface area (Å²) >= 11 is 0. The Labute approximate surface area is 119 Å². The Morgan fingerprint density at radius 2 is 2.00 bits per heavy atom. The summed E-state index contributed by atoms with van der Waals surface area (Å²) in [6.45, 7) is 5.75. The van der Waals surface area contributed by atoms with Crippen LogP contribution in [0.25, 0.3) is 0 Å². The first-order valence-corrected chi connectivity index (χ1v) is 8.26. The van der Waals surface area contributed by atoms with Crippen molar-refractivity contribution in [3.63, 3.8) is 0 Å². The van der Waals surface area contributed by atoms with Crippen LogP contribution in [0, 0.1) is 11.8 Å². The normalized spacial score (nSPS) is 37.1. The minimum absolute atomic E-state index is 0.741. The van der Waals surface area contributed by atoms with Gasteiger partial charge in [0, 0.05) is 18.6 Å². The molecule has 19 heavy (non-hydrogen) atoms. The van der Waals surface area contributed by atoms with Crippen molar-refractivity contribution in [3.8, 4) is 0 Å². The van der Waals surface area contributed by atoms with Crippen LogP contribution < -0.4 is 5.73 Å². The molecule has 0 radical (unpaired) electrons. The minimum Gasteiger partial charge on any atom is -0.330 e. The summed E-state index contributed by atoms with van der Waals surface area (Å²) in [6, 6.07) is 1.53. The van der Waals surface area contributed by atoms with Gasteiger partial charge in [0.25, 0.3) is 0 Å². The van der Waals surface area contributed by atoms with Gasteiger partial charge in [0.2, 0.25) is 0 Å². The predicted molar refractivity (Wildman–Crippen MR) is 82.2 cm³/mol. The first-order valence-electron chi connectivity index (χ1n) is 8.26. The van der Waals surface area contributed by atoms with E-state index in [4.69, 9.17) is 5.73 Å². The fraction of sp³-hybridized carbons (Fsp3) is 1.00. The lowest BCUT2D eigenvalue weighted by Gasteiger charge is -2.43. The quantitative estimate of drug-likeness (QED) is 0.828. The van der Waals surface area contributed by atoms with Crippen molar-refractivity contribution in [3.05, 3.63) is 0 Å². The summed E-state index contributed by atoms with van der Waals surface area (Å²) in [5.41, 5.74) is 6.06. The third-order valence-corrected chi connectivity index (χ3v) is 5.37. The second-order valence-corrected chi connectivity index (χ2v) is 6.95. The van der Waals surface area contributed by atoms with Crippen molar-refractivity contribution in [2.24, 2.45) is 17.6 Å². The molecule has 112 valence electrons. The van der Waals surface area contributed by atoms with E-state index < -0.39 is 0 Å². The van der Waals surface area contributed by atoms with E-state index in [-0.39, 0.29) is 0 Å². The smallest absolute Gasteiger partial charge is 0.0226 e. The second-order valence-electron chi connectivity index (χ2n) is 6.95. The summed E-state index contributed by atoms with van der Waals surface area (Å²) in [7, 11) is 4.40. The van der Waals surface area contributed by atoms with Crippen molar-refractivity contribution in [1.29, 1.82) is 0 Å². The molecule has 0 aromatic rings. The van der Waals surface area contributed by atoms with Crippen molar-refractivity contribution in [1.82, 2.24) is 9.80 Å². The van der Waals surface area contributed by atoms with Crippen molar-refractivity contribution in [2.45, 2.75) is 57.5 Å². The molecule has 3 heteroatoms. The van der Waals surface area contributed by atoms with Gasteiger partial charge in [0.1, 0.15) is 0 Å². The number of hydrogen-bond acceptors (Lipinski definition) is 3. The van der Waals surface area contributed by atoms with E-state index >= 15 is 0 Å². The van der Waals surface area contributed by atoms with Crippen molar-refractivity contribution < 1.29 is 0 Å². The minimum atomic E-state index is 0.741. The van der Waals surface area contributed by atoms with Crippen LogP contribution >= 0.6 is 0 Å². The summed E-state index contributed by atoms with van der Waals surface area (Å²) in [4.78, 5) is 5.17. The fourth-order valence-corrected chi connectivity index (χ4v) is 4.26. The zero-order valence-corrected chi connectivity index (χ0v) is 13.1. The molecule has 0 aromatic carbocycles. The van der Waals surface area contributed by atoms with Crippen LogP contribution in [0.5, 0.6) is 0 Å². The highest BCUT2D eigenvalue weighted by atomic mass is 15.2. The molecule has 0 amide bonds. The summed E-state index contributed by atoms with van der Waals surface area (Å²) < 4.78 is 0. The SMILES string of the molecule is CCC1CCC(CN)C(N2CCCC2CN(C)C)C1. The van der Waals surface area contributed by atoms with Crippen LogP contribution in [-0.2, 0) is 0 Å². The lowest BCUT2D eigenvalue weighted by molar-refractivity contribution is 0.0617. The zero-order valence-electron chi connectivity index (χ0n) is 13.1. The van der Waals surface area contributed by atoms with E-state index in [2.05, 4.69) is 30.8 Å². The fourth-order valence-electron chi connectivity index (χ4n) is 4.26. The average molecular weight is 267 g/mol. The molecule has 2 rings (SSSR count). The molecular formula is C16H33N3. The molecule has 1 saturated heterocycles. The monoisotopic (exact) mass is 267 g/mol. The van der Waals surface area contributed by atoms with Crippen LogP contribution in [0.1, 0.15) is 45.4 Å². The number of likely N-dealkylation sites (N-methyl/N-ethyl adjacent to an activating group) is 1. The van der Waals surface area contributed by atoms with E-state index in [1.165, 1.54) is 51.6 Å². The first kappa shape index (κ1) is 15.3. The van der Waals surface area contributed by atoms with Gasteiger partial charge in [-0.1, -0.05) is 19.8 Å². The highest BCUT2D eigenvalue weighted by molar-refractivity contribution is 4.93. The standard InChI is InChI=1S/C16H33N3/c1-4-13-7-8-14(11-17)16(10-13)19-9-5-6-15(19)12-18(2)3/h13-16H,4-12,17H2,1-3H3. The first-order chi connectivity index (χ1) is 9.15. The molecule has 4 atom stereocenters. The molecule has 2 fully saturated rings. The lowest BCUT2D eigenvalue weighted by Crippen LogP contribution is -2.51. The van der Waals surface area contributed by atoms with Crippen LogP contribution in [0.2, 0.25) is 0 Å². The van der Waals surface area contributed by atoms with Gasteiger partial charge in [0.15, 0.2) is 0 Å². The average Bonchev–Trinajstić information content (AvgIpc) is 2.85. The Balaban J connectivity index is 2.03. The summed E-state index contributed by atoms with van der Waals surface area (Å²) in [5.74, 6) is 1.68. The Bertz CT molecular complexity index is 267. The van der Waals surface area contributed by atoms with Gasteiger partial charge in [0.05, 0.1) is 0 Å². The molecule has 2 N–H and O–H groups in total. The highest BCUT2D eigenvalue weighted by Gasteiger charge is 2.38. The molecule has 1 heterocycles. The van der Waals surface area contributed by atoms with E-state index in [1.807, 2.05) is 0 Å².